The van der Waals surface area contributed by atoms with Gasteiger partial charge in [-0.15, -0.1) is 0 Å². The van der Waals surface area contributed by atoms with Crippen molar-refractivity contribution in [2.24, 2.45) is 15.0 Å². The number of hydrogen-bond acceptors (Lipinski definition) is 15. The van der Waals surface area contributed by atoms with Crippen LogP contribution < -0.4 is 29.6 Å². The summed E-state index contributed by atoms with van der Waals surface area (Å²) in [6.45, 7) is 7.13. The molecule has 1 N–H and O–H groups in total. The van der Waals surface area contributed by atoms with Crippen LogP contribution in [0.3, 0.4) is 0 Å². The maximum absolute atomic E-state index is 6.27. The summed E-state index contributed by atoms with van der Waals surface area (Å²) in [5.74, 6) is 2.77. The van der Waals surface area contributed by atoms with Crippen LogP contribution in [0, 0.1) is 0 Å². The van der Waals surface area contributed by atoms with Crippen molar-refractivity contribution < 1.29 is 73.9 Å². The monoisotopic (exact) mass is 1140 g/mol. The van der Waals surface area contributed by atoms with Gasteiger partial charge in [0, 0.05) is 61.4 Å². The molecule has 0 saturated carbocycles. The molecule has 422 valence electrons. The van der Waals surface area contributed by atoms with Gasteiger partial charge in [-0.25, -0.2) is 9.98 Å². The molecule has 1 unspecified atom stereocenters. The summed E-state index contributed by atoms with van der Waals surface area (Å²) in [6.07, 6.45) is 12.5. The molecular weight excluding hydrogens is 1070 g/mol. The number of hydrogen-bond donors (Lipinski definition) is 1. The molecule has 5 heterocycles. The van der Waals surface area contributed by atoms with E-state index < -0.39 is 6.04 Å². The van der Waals surface area contributed by atoms with E-state index in [0.29, 0.717) is 129 Å². The van der Waals surface area contributed by atoms with E-state index in [0.717, 1.165) is 83.8 Å². The van der Waals surface area contributed by atoms with Crippen molar-refractivity contribution in [1.82, 2.24) is 4.98 Å². The molecule has 0 saturated heterocycles. The van der Waals surface area contributed by atoms with Crippen LogP contribution >= 0.6 is 0 Å². The molecule has 9 rings (SSSR count). The Bertz CT molecular complexity index is 3280. The first-order valence-corrected chi connectivity index (χ1v) is 27.0. The molecule has 5 aromatic rings. The third-order valence-electron chi connectivity index (χ3n) is 13.0. The number of aromatic nitrogens is 1. The first-order chi connectivity index (χ1) is 39.5. The number of aliphatic imine (C=N–C) groups is 3. The van der Waals surface area contributed by atoms with Crippen molar-refractivity contribution in [3.8, 4) is 23.0 Å². The average molecular weight is 1140 g/mol. The van der Waals surface area contributed by atoms with E-state index in [1.807, 2.05) is 72.8 Å². The van der Waals surface area contributed by atoms with Gasteiger partial charge in [-0.1, -0.05) is 54.6 Å². The smallest absolute Gasteiger partial charge is 0.491 e. The molecule has 81 heavy (non-hydrogen) atoms. The molecule has 0 spiro atoms. The standard InChI is InChI=1S/C64H70N4O12.Mn/c1-69-25-29-73-33-37-77-49-13-5-9-45(41-49)61-53-17-19-55(65-53)62(46-10-6-14-50(42-46)78-38-34-74-30-26-70-2)57-21-23-59(67-57)64(48-12-8-16-52(44-48)80-40-36-76-32-28-72-4)60-24-22-58(68-60)63(56-20-18-54(61)66-56)47-11-7-15-51(43-47)79-39-35-75-31-27-71-3;/h5-24,41-44,53,68H,25-40H2,1-4H3;/q;+3/b61-54-,62-57-,63-58-,64-60-;. The van der Waals surface area contributed by atoms with E-state index in [1.54, 1.807) is 28.4 Å². The minimum atomic E-state index is -0.458. The molecule has 4 aromatic carbocycles. The van der Waals surface area contributed by atoms with Crippen molar-refractivity contribution in [3.63, 3.8) is 0 Å². The number of benzene rings is 4. The molecule has 16 nitrogen and oxygen atoms in total. The minimum Gasteiger partial charge on any atom is -0.491 e. The Morgan fingerprint density at radius 2 is 0.741 bits per heavy atom. The molecule has 1 atom stereocenters. The van der Waals surface area contributed by atoms with E-state index in [2.05, 4.69) is 77.8 Å². The fraction of sp³-hybridized carbons (Fsp3) is 0.328. The van der Waals surface area contributed by atoms with Crippen LogP contribution in [-0.4, -0.2) is 162 Å². The predicted octanol–water partition coefficient (Wildman–Crippen LogP) is 7.81. The first-order valence-electron chi connectivity index (χ1n) is 27.0. The molecule has 0 fully saturated rings. The molecular formula is C64H70MnN4O12+3. The average Bonchev–Trinajstić information content (AvgIpc) is 4.47. The van der Waals surface area contributed by atoms with E-state index in [4.69, 9.17) is 71.8 Å². The molecule has 0 radical (unpaired) electrons. The predicted molar refractivity (Wildman–Crippen MR) is 311 cm³/mol. The number of nitrogens with zero attached hydrogens (tertiary/aromatic N) is 3. The van der Waals surface area contributed by atoms with Crippen molar-refractivity contribution in [1.29, 1.82) is 0 Å². The zero-order chi connectivity index (χ0) is 55.1. The Morgan fingerprint density at radius 3 is 1.17 bits per heavy atom. The van der Waals surface area contributed by atoms with E-state index in [1.165, 1.54) is 0 Å². The van der Waals surface area contributed by atoms with Gasteiger partial charge in [0.05, 0.1) is 114 Å². The van der Waals surface area contributed by atoms with Crippen molar-refractivity contribution in [2.45, 2.75) is 6.04 Å². The Hall–Kier alpha value is -6.99. The van der Waals surface area contributed by atoms with Gasteiger partial charge >= 0.3 is 17.1 Å². The van der Waals surface area contributed by atoms with Gasteiger partial charge in [0.15, 0.2) is 0 Å². The second kappa shape index (κ2) is 31.9. The van der Waals surface area contributed by atoms with Crippen LogP contribution in [0.5, 0.6) is 23.0 Å². The van der Waals surface area contributed by atoms with Crippen LogP contribution in [0.4, 0.5) is 0 Å². The van der Waals surface area contributed by atoms with Gasteiger partial charge in [0.1, 0.15) is 49.4 Å². The van der Waals surface area contributed by atoms with Gasteiger partial charge in [-0.05, 0) is 113 Å². The largest absolute Gasteiger partial charge is 3.00 e. The maximum atomic E-state index is 6.27. The van der Waals surface area contributed by atoms with E-state index >= 15 is 0 Å². The number of H-pyrrole nitrogens is 1. The molecule has 17 heteroatoms. The normalized spacial score (nSPS) is 18.4. The van der Waals surface area contributed by atoms with Crippen LogP contribution in [0.1, 0.15) is 22.3 Å². The summed E-state index contributed by atoms with van der Waals surface area (Å²) in [5.41, 5.74) is 10.8. The van der Waals surface area contributed by atoms with Gasteiger partial charge < -0.3 is 61.8 Å². The molecule has 1 aromatic heterocycles. The maximum Gasteiger partial charge on any atom is 3.00 e. The fourth-order valence-electron chi connectivity index (χ4n) is 9.31. The number of aromatic amines is 1. The Labute approximate surface area is 484 Å². The fourth-order valence-corrected chi connectivity index (χ4v) is 9.31. The molecule has 0 amide bonds. The van der Waals surface area contributed by atoms with Crippen molar-refractivity contribution in [2.75, 3.05) is 134 Å². The van der Waals surface area contributed by atoms with E-state index in [9.17, 15) is 0 Å². The first kappa shape index (κ1) is 60.1. The second-order valence-electron chi connectivity index (χ2n) is 18.5. The van der Waals surface area contributed by atoms with Gasteiger partial charge in [0.25, 0.3) is 0 Å². The zero-order valence-corrected chi connectivity index (χ0v) is 47.5. The minimum absolute atomic E-state index is 0. The van der Waals surface area contributed by atoms with Crippen LogP contribution in [0.2, 0.25) is 0 Å². The third kappa shape index (κ3) is 16.6. The van der Waals surface area contributed by atoms with Gasteiger partial charge in [-0.3, -0.25) is 4.99 Å². The molecule has 4 aliphatic heterocycles. The molecule has 0 aliphatic carbocycles. The Morgan fingerprint density at radius 1 is 0.370 bits per heavy atom. The summed E-state index contributed by atoms with van der Waals surface area (Å²) >= 11 is 0. The zero-order valence-electron chi connectivity index (χ0n) is 46.4. The quantitative estimate of drug-likeness (QED) is 0.0329. The summed E-state index contributed by atoms with van der Waals surface area (Å²) in [4.78, 5) is 20.5. The molecule has 8 bridgehead atoms. The number of nitrogens with one attached hydrogen (secondary N) is 1. The van der Waals surface area contributed by atoms with Crippen LogP contribution in [-0.2, 0) is 55.0 Å². The van der Waals surface area contributed by atoms with Crippen LogP contribution in [0.25, 0.3) is 22.3 Å². The number of allylic oxidation sites excluding steroid dienone is 6. The number of rotatable bonds is 32. The van der Waals surface area contributed by atoms with E-state index in [-0.39, 0.29) is 17.1 Å². The second-order valence-corrected chi connectivity index (χ2v) is 18.5. The number of methoxy groups -OCH3 is 4. The summed E-state index contributed by atoms with van der Waals surface area (Å²) in [6, 6.07) is 36.0. The van der Waals surface area contributed by atoms with Crippen LogP contribution in [0.15, 0.2) is 172 Å². The third-order valence-corrected chi connectivity index (χ3v) is 13.0. The van der Waals surface area contributed by atoms with Crippen molar-refractivity contribution in [3.05, 3.63) is 190 Å². The molecule has 4 aliphatic rings. The number of ether oxygens (including phenoxy) is 12. The topological polar surface area (TPSA) is 164 Å². The summed E-state index contributed by atoms with van der Waals surface area (Å²) < 4.78 is 68.6. The SMILES string of the molecule is COCCOCCOc1cccc(/C2=C3\C=CC(=N3)/C(c3cccc(OCCOCCOC)c3)=c3/cc/c([nH]3)=C(\c3cccc(OCCOCCOC)c3)C3=N/C(=C(/c4cccc(OCCOCCOC)c4)C4C=CC2=N4)C=C3)c1.[Mn+3]. The van der Waals surface area contributed by atoms with Gasteiger partial charge in [0.2, 0.25) is 0 Å². The Balaban J connectivity index is 0.00000860. The Kier molecular flexibility index (Phi) is 23.6. The van der Waals surface area contributed by atoms with Gasteiger partial charge in [-0.2, -0.15) is 0 Å². The summed E-state index contributed by atoms with van der Waals surface area (Å²) in [7, 11) is 6.62. The van der Waals surface area contributed by atoms with Crippen molar-refractivity contribution >= 4 is 39.4 Å². The summed E-state index contributed by atoms with van der Waals surface area (Å²) in [5, 5.41) is 1.67. The number of fused-ring (bicyclic) bond motifs is 5.